The first-order valence-corrected chi connectivity index (χ1v) is 6.11. The Balaban J connectivity index is 2.42. The Hall–Kier alpha value is -2.26. The molecule has 1 aromatic carbocycles. The molecule has 0 N–H and O–H groups in total. The smallest absolute Gasteiger partial charge is 0.433 e. The third kappa shape index (κ3) is 3.44. The predicted octanol–water partition coefficient (Wildman–Crippen LogP) is 4.73. The molecule has 2 rings (SSSR count). The quantitative estimate of drug-likeness (QED) is 0.805. The van der Waals surface area contributed by atoms with E-state index in [0.29, 0.717) is 10.6 Å². The fourth-order valence-electron chi connectivity index (χ4n) is 1.55. The maximum Gasteiger partial charge on any atom is 0.433 e. The summed E-state index contributed by atoms with van der Waals surface area (Å²) in [5, 5.41) is 9.42. The number of aryl methyl sites for hydroxylation is 1. The van der Waals surface area contributed by atoms with Gasteiger partial charge in [0.1, 0.15) is 23.1 Å². The maximum absolute atomic E-state index is 12.6. The van der Waals surface area contributed by atoms with Crippen LogP contribution in [0.5, 0.6) is 11.6 Å². The van der Waals surface area contributed by atoms with Crippen molar-refractivity contribution >= 4 is 11.6 Å². The summed E-state index contributed by atoms with van der Waals surface area (Å²) in [7, 11) is 0. The van der Waals surface area contributed by atoms with E-state index in [1.807, 2.05) is 0 Å². The Labute approximate surface area is 123 Å². The molecule has 7 heteroatoms. The summed E-state index contributed by atoms with van der Waals surface area (Å²) in [5.41, 5.74) is -0.516. The van der Waals surface area contributed by atoms with Crippen molar-refractivity contribution in [3.63, 3.8) is 0 Å². The van der Waals surface area contributed by atoms with Gasteiger partial charge in [0, 0.05) is 5.02 Å². The standard InChI is InChI=1S/C14H8ClF3N2O/c1-8-6-10(3-4-11(8)15)21-13-9(7-19)2-5-12(20-13)14(16,17)18/h2-6H,1H3. The molecule has 3 nitrogen and oxygen atoms in total. The van der Waals surface area contributed by atoms with Gasteiger partial charge in [-0.15, -0.1) is 0 Å². The Morgan fingerprint density at radius 3 is 2.52 bits per heavy atom. The van der Waals surface area contributed by atoms with E-state index in [1.54, 1.807) is 25.1 Å². The molecule has 2 aromatic rings. The molecule has 0 aliphatic heterocycles. The number of hydrogen-bond donors (Lipinski definition) is 0. The van der Waals surface area contributed by atoms with E-state index in [9.17, 15) is 13.2 Å². The number of aromatic nitrogens is 1. The molecular weight excluding hydrogens is 305 g/mol. The third-order valence-corrected chi connectivity index (χ3v) is 3.04. The zero-order chi connectivity index (χ0) is 15.6. The topological polar surface area (TPSA) is 45.9 Å². The van der Waals surface area contributed by atoms with Crippen LogP contribution in [0.3, 0.4) is 0 Å². The molecule has 1 heterocycles. The Morgan fingerprint density at radius 2 is 1.95 bits per heavy atom. The van der Waals surface area contributed by atoms with Crippen molar-refractivity contribution in [1.82, 2.24) is 4.98 Å². The number of benzene rings is 1. The second kappa shape index (κ2) is 5.62. The molecular formula is C14H8ClF3N2O. The van der Waals surface area contributed by atoms with E-state index in [-0.39, 0.29) is 11.3 Å². The summed E-state index contributed by atoms with van der Waals surface area (Å²) in [6.07, 6.45) is -4.61. The number of rotatable bonds is 2. The first-order valence-electron chi connectivity index (χ1n) is 5.73. The van der Waals surface area contributed by atoms with Crippen molar-refractivity contribution in [3.05, 3.63) is 52.2 Å². The van der Waals surface area contributed by atoms with E-state index >= 15 is 0 Å². The molecule has 0 unspecified atom stereocenters. The monoisotopic (exact) mass is 312 g/mol. The number of nitrogens with zero attached hydrogens (tertiary/aromatic N) is 2. The highest BCUT2D eigenvalue weighted by molar-refractivity contribution is 6.31. The Kier molecular flexibility index (Phi) is 4.05. The van der Waals surface area contributed by atoms with Gasteiger partial charge in [-0.05, 0) is 42.8 Å². The minimum absolute atomic E-state index is 0.0874. The van der Waals surface area contributed by atoms with Gasteiger partial charge in [-0.2, -0.15) is 18.4 Å². The summed E-state index contributed by atoms with van der Waals surface area (Å²) >= 11 is 5.85. The van der Waals surface area contributed by atoms with Crippen molar-refractivity contribution in [2.45, 2.75) is 13.1 Å². The largest absolute Gasteiger partial charge is 0.438 e. The molecule has 0 aliphatic rings. The molecule has 0 amide bonds. The summed E-state index contributed by atoms with van der Waals surface area (Å²) in [5.74, 6) is -0.144. The molecule has 0 spiro atoms. The van der Waals surface area contributed by atoms with Crippen LogP contribution in [-0.4, -0.2) is 4.98 Å². The molecule has 0 radical (unpaired) electrons. The highest BCUT2D eigenvalue weighted by Crippen LogP contribution is 2.32. The molecule has 21 heavy (non-hydrogen) atoms. The van der Waals surface area contributed by atoms with Crippen LogP contribution in [0.4, 0.5) is 13.2 Å². The van der Waals surface area contributed by atoms with Crippen LogP contribution in [0, 0.1) is 18.3 Å². The van der Waals surface area contributed by atoms with E-state index in [2.05, 4.69) is 4.98 Å². The minimum atomic E-state index is -4.61. The van der Waals surface area contributed by atoms with Gasteiger partial charge in [0.05, 0.1) is 0 Å². The lowest BCUT2D eigenvalue weighted by Gasteiger charge is -2.11. The minimum Gasteiger partial charge on any atom is -0.438 e. The van der Waals surface area contributed by atoms with Crippen LogP contribution in [0.25, 0.3) is 0 Å². The van der Waals surface area contributed by atoms with Crippen LogP contribution in [0.2, 0.25) is 5.02 Å². The number of nitriles is 1. The van der Waals surface area contributed by atoms with Gasteiger partial charge in [0.25, 0.3) is 0 Å². The molecule has 0 saturated carbocycles. The molecule has 1 aromatic heterocycles. The molecule has 0 saturated heterocycles. The highest BCUT2D eigenvalue weighted by atomic mass is 35.5. The van der Waals surface area contributed by atoms with Crippen molar-refractivity contribution in [1.29, 1.82) is 5.26 Å². The normalized spacial score (nSPS) is 11.0. The van der Waals surface area contributed by atoms with Crippen LogP contribution < -0.4 is 4.74 Å². The number of hydrogen-bond acceptors (Lipinski definition) is 3. The van der Waals surface area contributed by atoms with Gasteiger partial charge in [0.15, 0.2) is 0 Å². The van der Waals surface area contributed by atoms with Crippen molar-refractivity contribution < 1.29 is 17.9 Å². The first-order chi connectivity index (χ1) is 9.81. The van der Waals surface area contributed by atoms with E-state index in [0.717, 1.165) is 12.1 Å². The number of alkyl halides is 3. The van der Waals surface area contributed by atoms with E-state index < -0.39 is 17.8 Å². The Bertz CT molecular complexity index is 723. The second-order valence-electron chi connectivity index (χ2n) is 4.17. The van der Waals surface area contributed by atoms with Crippen molar-refractivity contribution in [3.8, 4) is 17.7 Å². The number of pyridine rings is 1. The van der Waals surface area contributed by atoms with Crippen LogP contribution >= 0.6 is 11.6 Å². The lowest BCUT2D eigenvalue weighted by molar-refractivity contribution is -0.141. The van der Waals surface area contributed by atoms with Gasteiger partial charge in [0.2, 0.25) is 5.88 Å². The molecule has 0 aliphatic carbocycles. The summed E-state index contributed by atoms with van der Waals surface area (Å²) in [6, 6.07) is 8.08. The zero-order valence-corrected chi connectivity index (χ0v) is 11.5. The maximum atomic E-state index is 12.6. The van der Waals surface area contributed by atoms with Gasteiger partial charge in [-0.25, -0.2) is 4.98 Å². The lowest BCUT2D eigenvalue weighted by atomic mass is 10.2. The van der Waals surface area contributed by atoms with Gasteiger partial charge < -0.3 is 4.74 Å². The zero-order valence-electron chi connectivity index (χ0n) is 10.7. The van der Waals surface area contributed by atoms with Crippen molar-refractivity contribution in [2.75, 3.05) is 0 Å². The molecule has 108 valence electrons. The summed E-state index contributed by atoms with van der Waals surface area (Å²) in [4.78, 5) is 3.36. The molecule has 0 fully saturated rings. The fraction of sp³-hybridized carbons (Fsp3) is 0.143. The van der Waals surface area contributed by atoms with E-state index in [1.165, 1.54) is 6.07 Å². The van der Waals surface area contributed by atoms with Crippen LogP contribution in [-0.2, 0) is 6.18 Å². The third-order valence-electron chi connectivity index (χ3n) is 2.62. The first kappa shape index (κ1) is 15.1. The number of ether oxygens (including phenoxy) is 1. The molecule has 0 bridgehead atoms. The summed E-state index contributed by atoms with van der Waals surface area (Å²) < 4.78 is 43.2. The van der Waals surface area contributed by atoms with Crippen LogP contribution in [0.1, 0.15) is 16.8 Å². The van der Waals surface area contributed by atoms with Gasteiger partial charge in [-0.3, -0.25) is 0 Å². The predicted molar refractivity (Wildman–Crippen MR) is 70.2 cm³/mol. The second-order valence-corrected chi connectivity index (χ2v) is 4.58. The fourth-order valence-corrected chi connectivity index (χ4v) is 1.67. The highest BCUT2D eigenvalue weighted by Gasteiger charge is 2.33. The summed E-state index contributed by atoms with van der Waals surface area (Å²) in [6.45, 7) is 1.72. The SMILES string of the molecule is Cc1cc(Oc2nc(C(F)(F)F)ccc2C#N)ccc1Cl. The average Bonchev–Trinajstić information content (AvgIpc) is 2.42. The Morgan fingerprint density at radius 1 is 1.24 bits per heavy atom. The number of halogens is 4. The van der Waals surface area contributed by atoms with Crippen LogP contribution in [0.15, 0.2) is 30.3 Å². The van der Waals surface area contributed by atoms with Gasteiger partial charge >= 0.3 is 6.18 Å². The lowest BCUT2D eigenvalue weighted by Crippen LogP contribution is -2.09. The van der Waals surface area contributed by atoms with Gasteiger partial charge in [-0.1, -0.05) is 11.6 Å². The van der Waals surface area contributed by atoms with Crippen molar-refractivity contribution in [2.24, 2.45) is 0 Å². The van der Waals surface area contributed by atoms with E-state index in [4.69, 9.17) is 21.6 Å². The molecule has 0 atom stereocenters. The average molecular weight is 313 g/mol.